The van der Waals surface area contributed by atoms with Gasteiger partial charge < -0.3 is 10.8 Å². The molecule has 1 rings (SSSR count). The number of aliphatic hydroxyl groups is 1. The largest absolute Gasteiger partial charge is 0.394 e. The van der Waals surface area contributed by atoms with Gasteiger partial charge in [0.1, 0.15) is 0 Å². The van der Waals surface area contributed by atoms with Crippen molar-refractivity contribution in [2.24, 2.45) is 5.73 Å². The molecule has 0 aliphatic carbocycles. The summed E-state index contributed by atoms with van der Waals surface area (Å²) in [4.78, 5) is 3.93. The molecule has 60 valence electrons. The molecule has 0 radical (unpaired) electrons. The first-order chi connectivity index (χ1) is 5.25. The predicted molar refractivity (Wildman–Crippen MR) is 43.3 cm³/mol. The minimum absolute atomic E-state index is 0.142. The van der Waals surface area contributed by atoms with Gasteiger partial charge in [-0.15, -0.1) is 0 Å². The topological polar surface area (TPSA) is 59.1 Å². The van der Waals surface area contributed by atoms with Crippen molar-refractivity contribution >= 4 is 11.6 Å². The van der Waals surface area contributed by atoms with E-state index in [0.29, 0.717) is 10.7 Å². The molecule has 1 heterocycles. The van der Waals surface area contributed by atoms with E-state index in [1.54, 1.807) is 18.3 Å². The molecule has 4 heteroatoms. The Balaban J connectivity index is 2.93. The molecule has 1 unspecified atom stereocenters. The number of pyridine rings is 1. The number of hydrogen-bond acceptors (Lipinski definition) is 3. The number of rotatable bonds is 2. The van der Waals surface area contributed by atoms with Gasteiger partial charge in [0.15, 0.2) is 0 Å². The van der Waals surface area contributed by atoms with E-state index in [1.165, 1.54) is 0 Å². The normalized spacial score (nSPS) is 13.0. The van der Waals surface area contributed by atoms with E-state index in [4.69, 9.17) is 22.4 Å². The lowest BCUT2D eigenvalue weighted by Crippen LogP contribution is -2.16. The minimum Gasteiger partial charge on any atom is -0.394 e. The minimum atomic E-state index is -0.483. The van der Waals surface area contributed by atoms with Crippen molar-refractivity contribution in [3.63, 3.8) is 0 Å². The summed E-state index contributed by atoms with van der Waals surface area (Å²) < 4.78 is 0. The predicted octanol–water partition coefficient (Wildman–Crippen LogP) is 0.727. The Morgan fingerprint density at radius 2 is 2.45 bits per heavy atom. The first-order valence-corrected chi connectivity index (χ1v) is 3.60. The van der Waals surface area contributed by atoms with Crippen LogP contribution in [0.2, 0.25) is 5.02 Å². The van der Waals surface area contributed by atoms with Crippen LogP contribution < -0.4 is 5.73 Å². The molecule has 1 atom stereocenters. The van der Waals surface area contributed by atoms with Gasteiger partial charge in [0.25, 0.3) is 0 Å². The number of hydrogen-bond donors (Lipinski definition) is 2. The van der Waals surface area contributed by atoms with Crippen LogP contribution in [0.15, 0.2) is 18.3 Å². The average molecular weight is 173 g/mol. The van der Waals surface area contributed by atoms with Crippen LogP contribution >= 0.6 is 11.6 Å². The smallest absolute Gasteiger partial charge is 0.0780 e. The molecule has 0 bridgehead atoms. The second-order valence-corrected chi connectivity index (χ2v) is 2.57. The van der Waals surface area contributed by atoms with E-state index in [1.807, 2.05) is 0 Å². The lowest BCUT2D eigenvalue weighted by atomic mass is 10.2. The van der Waals surface area contributed by atoms with Gasteiger partial charge in [-0.1, -0.05) is 11.6 Å². The molecular weight excluding hydrogens is 164 g/mol. The third-order valence-corrected chi connectivity index (χ3v) is 1.65. The molecule has 0 aliphatic heterocycles. The summed E-state index contributed by atoms with van der Waals surface area (Å²) in [6.45, 7) is -0.142. The van der Waals surface area contributed by atoms with Crippen molar-refractivity contribution in [2.75, 3.05) is 6.61 Å². The first-order valence-electron chi connectivity index (χ1n) is 3.22. The Labute approximate surface area is 69.8 Å². The van der Waals surface area contributed by atoms with Gasteiger partial charge in [-0.2, -0.15) is 0 Å². The van der Waals surface area contributed by atoms with Crippen LogP contribution in [0.1, 0.15) is 11.7 Å². The Kier molecular flexibility index (Phi) is 2.82. The summed E-state index contributed by atoms with van der Waals surface area (Å²) in [6, 6.07) is 2.93. The number of aromatic nitrogens is 1. The van der Waals surface area contributed by atoms with Gasteiger partial charge in [-0.3, -0.25) is 4.98 Å². The maximum absolute atomic E-state index is 8.69. The van der Waals surface area contributed by atoms with Crippen LogP contribution in [0, 0.1) is 0 Å². The maximum atomic E-state index is 8.69. The van der Waals surface area contributed by atoms with Gasteiger partial charge in [-0.25, -0.2) is 0 Å². The third kappa shape index (κ3) is 1.89. The number of aliphatic hydroxyl groups excluding tert-OH is 1. The van der Waals surface area contributed by atoms with Crippen LogP contribution in [-0.2, 0) is 0 Å². The number of nitrogens with two attached hydrogens (primary N) is 1. The summed E-state index contributed by atoms with van der Waals surface area (Å²) in [5.74, 6) is 0. The Morgan fingerprint density at radius 3 is 3.00 bits per heavy atom. The molecular formula is C7H9ClN2O. The SMILES string of the molecule is NC(CO)c1ncccc1Cl. The van der Waals surface area contributed by atoms with Gasteiger partial charge in [0.05, 0.1) is 23.4 Å². The molecule has 0 fully saturated rings. The average Bonchev–Trinajstić information content (AvgIpc) is 2.04. The van der Waals surface area contributed by atoms with Gasteiger partial charge in [0.2, 0.25) is 0 Å². The molecule has 0 aliphatic rings. The molecule has 0 aromatic carbocycles. The highest BCUT2D eigenvalue weighted by molar-refractivity contribution is 6.31. The second-order valence-electron chi connectivity index (χ2n) is 2.16. The molecule has 0 saturated heterocycles. The van der Waals surface area contributed by atoms with Crippen molar-refractivity contribution in [3.05, 3.63) is 29.0 Å². The molecule has 0 saturated carbocycles. The fourth-order valence-corrected chi connectivity index (χ4v) is 1.02. The van der Waals surface area contributed by atoms with E-state index in [9.17, 15) is 0 Å². The Hall–Kier alpha value is -0.640. The lowest BCUT2D eigenvalue weighted by molar-refractivity contribution is 0.266. The van der Waals surface area contributed by atoms with Gasteiger partial charge in [-0.05, 0) is 12.1 Å². The monoisotopic (exact) mass is 172 g/mol. The number of nitrogens with zero attached hydrogens (tertiary/aromatic N) is 1. The highest BCUT2D eigenvalue weighted by atomic mass is 35.5. The third-order valence-electron chi connectivity index (χ3n) is 1.33. The molecule has 3 N–H and O–H groups in total. The summed E-state index contributed by atoms with van der Waals surface area (Å²) in [5, 5.41) is 9.18. The van der Waals surface area contributed by atoms with Crippen LogP contribution in [0.5, 0.6) is 0 Å². The zero-order valence-corrected chi connectivity index (χ0v) is 6.62. The van der Waals surface area contributed by atoms with Crippen molar-refractivity contribution in [3.8, 4) is 0 Å². The van der Waals surface area contributed by atoms with Crippen molar-refractivity contribution < 1.29 is 5.11 Å². The summed E-state index contributed by atoms with van der Waals surface area (Å²) >= 11 is 5.74. The molecule has 11 heavy (non-hydrogen) atoms. The van der Waals surface area contributed by atoms with Crippen molar-refractivity contribution in [1.82, 2.24) is 4.98 Å². The molecule has 1 aromatic heterocycles. The van der Waals surface area contributed by atoms with Gasteiger partial charge in [0, 0.05) is 6.20 Å². The van der Waals surface area contributed by atoms with E-state index >= 15 is 0 Å². The molecule has 0 spiro atoms. The van der Waals surface area contributed by atoms with Crippen LogP contribution in [-0.4, -0.2) is 16.7 Å². The van der Waals surface area contributed by atoms with Crippen LogP contribution in [0.3, 0.4) is 0 Å². The van der Waals surface area contributed by atoms with Crippen molar-refractivity contribution in [2.45, 2.75) is 6.04 Å². The zero-order chi connectivity index (χ0) is 8.27. The zero-order valence-electron chi connectivity index (χ0n) is 5.87. The fourth-order valence-electron chi connectivity index (χ4n) is 0.757. The molecule has 1 aromatic rings. The van der Waals surface area contributed by atoms with Gasteiger partial charge >= 0.3 is 0 Å². The number of halogens is 1. The summed E-state index contributed by atoms with van der Waals surface area (Å²) in [5.41, 5.74) is 6.04. The highest BCUT2D eigenvalue weighted by Gasteiger charge is 2.08. The van der Waals surface area contributed by atoms with Crippen LogP contribution in [0.25, 0.3) is 0 Å². The van der Waals surface area contributed by atoms with E-state index in [0.717, 1.165) is 0 Å². The Morgan fingerprint density at radius 1 is 1.73 bits per heavy atom. The highest BCUT2D eigenvalue weighted by Crippen LogP contribution is 2.17. The standard InChI is InChI=1S/C7H9ClN2O/c8-5-2-1-3-10-7(5)6(9)4-11/h1-3,6,11H,4,9H2. The van der Waals surface area contributed by atoms with Crippen molar-refractivity contribution in [1.29, 1.82) is 0 Å². The maximum Gasteiger partial charge on any atom is 0.0780 e. The van der Waals surface area contributed by atoms with E-state index in [-0.39, 0.29) is 6.61 Å². The molecule has 3 nitrogen and oxygen atoms in total. The summed E-state index contributed by atoms with van der Waals surface area (Å²) in [6.07, 6.45) is 1.59. The second kappa shape index (κ2) is 3.67. The summed E-state index contributed by atoms with van der Waals surface area (Å²) in [7, 11) is 0. The quantitative estimate of drug-likeness (QED) is 0.692. The van der Waals surface area contributed by atoms with Crippen LogP contribution in [0.4, 0.5) is 0 Å². The Bertz CT molecular complexity index is 242. The van der Waals surface area contributed by atoms with E-state index < -0.39 is 6.04 Å². The van der Waals surface area contributed by atoms with E-state index in [2.05, 4.69) is 4.98 Å². The lowest BCUT2D eigenvalue weighted by Gasteiger charge is -2.07. The molecule has 0 amide bonds. The first kappa shape index (κ1) is 8.46. The fraction of sp³-hybridized carbons (Fsp3) is 0.286.